The van der Waals surface area contributed by atoms with E-state index >= 15 is 0 Å². The first-order valence-corrected chi connectivity index (χ1v) is 11.1. The summed E-state index contributed by atoms with van der Waals surface area (Å²) < 4.78 is 7.46. The van der Waals surface area contributed by atoms with E-state index in [2.05, 4.69) is 20.6 Å². The van der Waals surface area contributed by atoms with Crippen LogP contribution < -0.4 is 21.4 Å². The normalized spacial score (nSPS) is 11.4. The Morgan fingerprint density at radius 1 is 1.17 bits per heavy atom. The zero-order chi connectivity index (χ0) is 26.4. The van der Waals surface area contributed by atoms with Gasteiger partial charge in [0.1, 0.15) is 5.75 Å². The Kier molecular flexibility index (Phi) is 8.33. The maximum absolute atomic E-state index is 13.3. The number of benzene rings is 2. The van der Waals surface area contributed by atoms with Crippen LogP contribution in [0.4, 0.5) is 11.6 Å². The lowest BCUT2D eigenvalue weighted by Gasteiger charge is -2.17. The molecule has 12 nitrogen and oxygen atoms in total. The number of rotatable bonds is 9. The Hall–Kier alpha value is -4.32. The summed E-state index contributed by atoms with van der Waals surface area (Å²) in [6, 6.07) is 11.9. The number of hydrogen-bond acceptors (Lipinski definition) is 9. The number of hydrogen-bond donors (Lipinski definition) is 2. The molecule has 1 aromatic heterocycles. The van der Waals surface area contributed by atoms with E-state index in [4.69, 9.17) is 21.5 Å². The van der Waals surface area contributed by atoms with Crippen LogP contribution >= 0.6 is 11.6 Å². The maximum Gasteiger partial charge on any atom is 0.355 e. The van der Waals surface area contributed by atoms with Crippen molar-refractivity contribution in [1.29, 1.82) is 0 Å². The van der Waals surface area contributed by atoms with Gasteiger partial charge >= 0.3 is 17.3 Å². The third-order valence-electron chi connectivity index (χ3n) is 4.96. The average Bonchev–Trinajstić information content (AvgIpc) is 2.84. The monoisotopic (exact) mass is 514 g/mol. The second-order valence-electron chi connectivity index (χ2n) is 8.01. The summed E-state index contributed by atoms with van der Waals surface area (Å²) >= 11 is 5.95. The van der Waals surface area contributed by atoms with Crippen molar-refractivity contribution in [2.24, 2.45) is 10.3 Å². The third kappa shape index (κ3) is 6.21. The van der Waals surface area contributed by atoms with E-state index in [1.165, 1.54) is 0 Å². The number of nitrogens with zero attached hydrogens (tertiary/aromatic N) is 5. The van der Waals surface area contributed by atoms with Crippen molar-refractivity contribution in [2.75, 3.05) is 5.32 Å². The topological polar surface area (TPSA) is 157 Å². The Balaban J connectivity index is 2.08. The molecule has 2 N–H and O–H groups in total. The van der Waals surface area contributed by atoms with Gasteiger partial charge < -0.3 is 15.3 Å². The molecular weight excluding hydrogens is 492 g/mol. The molecule has 1 amide bonds. The molecule has 13 heteroatoms. The van der Waals surface area contributed by atoms with Crippen LogP contribution in [0.2, 0.25) is 5.02 Å². The number of anilines is 2. The predicted octanol–water partition coefficient (Wildman–Crippen LogP) is 3.07. The summed E-state index contributed by atoms with van der Waals surface area (Å²) in [5, 5.41) is 17.4. The Bertz CT molecular complexity index is 1430. The number of aromatic nitrogens is 3. The van der Waals surface area contributed by atoms with E-state index in [1.807, 2.05) is 20.8 Å². The van der Waals surface area contributed by atoms with Crippen molar-refractivity contribution in [1.82, 2.24) is 14.1 Å². The highest BCUT2D eigenvalue weighted by Crippen LogP contribution is 2.24. The fourth-order valence-corrected chi connectivity index (χ4v) is 3.39. The van der Waals surface area contributed by atoms with Crippen molar-refractivity contribution >= 4 is 34.9 Å². The van der Waals surface area contributed by atoms with E-state index in [0.29, 0.717) is 26.6 Å². The number of ether oxygens (including phenoxy) is 1. The average molecular weight is 515 g/mol. The molecule has 0 aliphatic heterocycles. The van der Waals surface area contributed by atoms with Gasteiger partial charge in [0, 0.05) is 15.9 Å². The number of amides is 1. The van der Waals surface area contributed by atoms with Crippen LogP contribution in [0.1, 0.15) is 25.0 Å². The molecule has 1 heterocycles. The minimum atomic E-state index is -1.42. The van der Waals surface area contributed by atoms with Crippen LogP contribution in [0.5, 0.6) is 5.75 Å². The Labute approximate surface area is 209 Å². The first-order valence-electron chi connectivity index (χ1n) is 10.7. The van der Waals surface area contributed by atoms with Crippen LogP contribution in [0, 0.1) is 11.8 Å². The van der Waals surface area contributed by atoms with Gasteiger partial charge in [0.05, 0.1) is 19.2 Å². The van der Waals surface area contributed by atoms with Crippen LogP contribution in [0.15, 0.2) is 62.4 Å². The molecule has 3 rings (SSSR count). The second-order valence-corrected chi connectivity index (χ2v) is 8.45. The Morgan fingerprint density at radius 3 is 2.44 bits per heavy atom. The van der Waals surface area contributed by atoms with E-state index in [9.17, 15) is 19.3 Å². The maximum atomic E-state index is 13.3. The summed E-state index contributed by atoms with van der Waals surface area (Å²) in [6.45, 7) is 4.85. The highest BCUT2D eigenvalue weighted by Gasteiger charge is 2.20. The molecule has 0 aliphatic rings. The van der Waals surface area contributed by atoms with Gasteiger partial charge in [0.2, 0.25) is 5.95 Å². The number of carbonyl (C=O) groups is 1. The van der Waals surface area contributed by atoms with Crippen LogP contribution in [0.25, 0.3) is 0 Å². The van der Waals surface area contributed by atoms with Crippen molar-refractivity contribution in [3.63, 3.8) is 0 Å². The molecule has 0 bridgehead atoms. The minimum Gasteiger partial charge on any atom is -0.491 e. The summed E-state index contributed by atoms with van der Waals surface area (Å²) in [5.74, 6) is -0.813. The number of nitroso groups, excluding NO2 is 1. The quantitative estimate of drug-likeness (QED) is 0.191. The number of oxime groups is 1. The largest absolute Gasteiger partial charge is 0.491 e. The van der Waals surface area contributed by atoms with E-state index < -0.39 is 29.5 Å². The highest BCUT2D eigenvalue weighted by molar-refractivity contribution is 6.38. The van der Waals surface area contributed by atoms with E-state index in [1.54, 1.807) is 42.5 Å². The number of nitrogens with one attached hydrogen (secondary N) is 1. The molecule has 0 saturated heterocycles. The molecule has 188 valence electrons. The summed E-state index contributed by atoms with van der Waals surface area (Å²) in [5.41, 5.74) is -0.682. The number of carbonyl (C=O) groups excluding carboxylic acids is 1. The molecule has 0 spiro atoms. The zero-order valence-corrected chi connectivity index (χ0v) is 20.4. The van der Waals surface area contributed by atoms with Crippen LogP contribution in [-0.4, -0.2) is 37.0 Å². The van der Waals surface area contributed by atoms with Crippen LogP contribution in [0.3, 0.4) is 0 Å². The first kappa shape index (κ1) is 26.3. The van der Waals surface area contributed by atoms with Crippen LogP contribution in [-0.2, 0) is 17.9 Å². The smallest absolute Gasteiger partial charge is 0.355 e. The molecule has 0 saturated carbocycles. The van der Waals surface area contributed by atoms with E-state index in [0.717, 1.165) is 10.1 Å². The number of aryl methyl sites for hydroxylation is 1. The molecule has 0 atom stereocenters. The van der Waals surface area contributed by atoms with Gasteiger partial charge in [-0.25, -0.2) is 14.2 Å². The molecule has 0 aliphatic carbocycles. The molecule has 0 unspecified atom stereocenters. The van der Waals surface area contributed by atoms with Gasteiger partial charge in [-0.2, -0.15) is 4.98 Å². The fraction of sp³-hybridized carbons (Fsp3) is 0.261. The summed E-state index contributed by atoms with van der Waals surface area (Å²) in [7, 11) is 0. The van der Waals surface area contributed by atoms with Gasteiger partial charge in [0.15, 0.2) is 5.71 Å². The SMILES string of the molecule is Cc1cc(Nc2nc(=O)n(C/C(=N\O)C(=O)N=O)c(=O)n2Cc2ccc(Cl)cc2)ccc1OC(C)C. The molecule has 3 aromatic rings. The van der Waals surface area contributed by atoms with Gasteiger partial charge in [-0.1, -0.05) is 28.9 Å². The minimum absolute atomic E-state index is 0.0185. The number of halogens is 1. The van der Waals surface area contributed by atoms with Crippen molar-refractivity contribution in [3.8, 4) is 5.75 Å². The van der Waals surface area contributed by atoms with Crippen molar-refractivity contribution < 1.29 is 14.7 Å². The Morgan fingerprint density at radius 2 is 1.86 bits per heavy atom. The summed E-state index contributed by atoms with van der Waals surface area (Å²) in [4.78, 5) is 52.1. The van der Waals surface area contributed by atoms with Gasteiger partial charge in [-0.05, 0) is 62.2 Å². The molecule has 0 fully saturated rings. The molecule has 2 aromatic carbocycles. The third-order valence-corrected chi connectivity index (χ3v) is 5.21. The first-order chi connectivity index (χ1) is 17.1. The lowest BCUT2D eigenvalue weighted by molar-refractivity contribution is -0.112. The van der Waals surface area contributed by atoms with Crippen molar-refractivity contribution in [2.45, 2.75) is 40.0 Å². The van der Waals surface area contributed by atoms with E-state index in [-0.39, 0.29) is 18.6 Å². The van der Waals surface area contributed by atoms with Gasteiger partial charge in [-0.15, -0.1) is 4.91 Å². The molecule has 36 heavy (non-hydrogen) atoms. The predicted molar refractivity (Wildman–Crippen MR) is 134 cm³/mol. The van der Waals surface area contributed by atoms with Gasteiger partial charge in [-0.3, -0.25) is 9.36 Å². The standard InChI is InChI=1S/C23H23ClN6O6/c1-13(2)36-19-9-8-17(10-14(19)3)25-21-26-22(32)30(12-18(27-34)20(31)28-35)23(33)29(21)11-15-4-6-16(24)7-5-15/h4-10,13,34H,11-12H2,1-3H3,(H,25,26,32)/b27-18+. The fourth-order valence-electron chi connectivity index (χ4n) is 3.26. The van der Waals surface area contributed by atoms with Crippen molar-refractivity contribution in [3.05, 3.63) is 84.5 Å². The lowest BCUT2D eigenvalue weighted by atomic mass is 10.2. The van der Waals surface area contributed by atoms with Gasteiger partial charge in [0.25, 0.3) is 0 Å². The summed E-state index contributed by atoms with van der Waals surface area (Å²) in [6.07, 6.45) is -0.0185. The molecule has 0 radical (unpaired) electrons. The lowest BCUT2D eigenvalue weighted by Crippen LogP contribution is -2.44. The second kappa shape index (κ2) is 11.4. The highest BCUT2D eigenvalue weighted by atomic mass is 35.5. The zero-order valence-electron chi connectivity index (χ0n) is 19.6. The molecular formula is C23H23ClN6O6.